The number of nitrogens with one attached hydrogen (secondary N) is 1. The molecule has 0 fully saturated rings. The van der Waals surface area contributed by atoms with Crippen molar-refractivity contribution in [3.8, 4) is 0 Å². The van der Waals surface area contributed by atoms with Crippen molar-refractivity contribution in [1.82, 2.24) is 0 Å². The standard InChI is InChI=1S/C14H15NO2S2/c1-11-3-5-12(6-4-11)15-19(16,17)14-9-7-13(18-2)8-10-14/h3-10,15H,1-2H3. The third kappa shape index (κ3) is 3.52. The fourth-order valence-corrected chi connectivity index (χ4v) is 3.06. The molecule has 0 spiro atoms. The summed E-state index contributed by atoms with van der Waals surface area (Å²) < 4.78 is 26.9. The van der Waals surface area contributed by atoms with Crippen molar-refractivity contribution in [2.75, 3.05) is 11.0 Å². The van der Waals surface area contributed by atoms with Crippen molar-refractivity contribution in [1.29, 1.82) is 0 Å². The lowest BCUT2D eigenvalue weighted by molar-refractivity contribution is 0.601. The fraction of sp³-hybridized carbons (Fsp3) is 0.143. The third-order valence-corrected chi connectivity index (χ3v) is 4.81. The zero-order chi connectivity index (χ0) is 13.9. The van der Waals surface area contributed by atoms with Crippen LogP contribution in [0.25, 0.3) is 0 Å². The van der Waals surface area contributed by atoms with E-state index in [0.29, 0.717) is 5.69 Å². The lowest BCUT2D eigenvalue weighted by Gasteiger charge is -2.08. The average molecular weight is 293 g/mol. The topological polar surface area (TPSA) is 46.2 Å². The lowest BCUT2D eigenvalue weighted by Crippen LogP contribution is -2.12. The predicted molar refractivity (Wildman–Crippen MR) is 80.2 cm³/mol. The Morgan fingerprint density at radius 3 is 2.05 bits per heavy atom. The molecule has 5 heteroatoms. The Labute approximate surface area is 118 Å². The molecule has 2 rings (SSSR count). The Balaban J connectivity index is 2.24. The van der Waals surface area contributed by atoms with Gasteiger partial charge >= 0.3 is 0 Å². The van der Waals surface area contributed by atoms with E-state index in [2.05, 4.69) is 4.72 Å². The molecule has 0 aliphatic rings. The molecule has 0 aliphatic heterocycles. The van der Waals surface area contributed by atoms with Crippen molar-refractivity contribution in [2.45, 2.75) is 16.7 Å². The van der Waals surface area contributed by atoms with Crippen molar-refractivity contribution in [3.05, 3.63) is 54.1 Å². The first-order chi connectivity index (χ1) is 9.01. The number of thioether (sulfide) groups is 1. The van der Waals surface area contributed by atoms with Gasteiger partial charge in [-0.25, -0.2) is 8.42 Å². The van der Waals surface area contributed by atoms with Gasteiger partial charge in [0, 0.05) is 10.6 Å². The fourth-order valence-electron chi connectivity index (χ4n) is 1.59. The average Bonchev–Trinajstić information content (AvgIpc) is 2.41. The molecule has 0 unspecified atom stereocenters. The minimum absolute atomic E-state index is 0.269. The van der Waals surface area contributed by atoms with Crippen LogP contribution >= 0.6 is 11.8 Å². The summed E-state index contributed by atoms with van der Waals surface area (Å²) in [5.41, 5.74) is 1.66. The van der Waals surface area contributed by atoms with Gasteiger partial charge in [-0.15, -0.1) is 11.8 Å². The molecule has 100 valence electrons. The zero-order valence-corrected chi connectivity index (χ0v) is 12.4. The largest absolute Gasteiger partial charge is 0.280 e. The quantitative estimate of drug-likeness (QED) is 0.877. The van der Waals surface area contributed by atoms with E-state index < -0.39 is 10.0 Å². The molecule has 1 N–H and O–H groups in total. The van der Waals surface area contributed by atoms with Crippen LogP contribution in [0.1, 0.15) is 5.56 Å². The van der Waals surface area contributed by atoms with E-state index in [4.69, 9.17) is 0 Å². The second kappa shape index (κ2) is 5.67. The number of hydrogen-bond acceptors (Lipinski definition) is 3. The molecule has 3 nitrogen and oxygen atoms in total. The summed E-state index contributed by atoms with van der Waals surface area (Å²) in [6.07, 6.45) is 1.95. The Kier molecular flexibility index (Phi) is 4.17. The van der Waals surface area contributed by atoms with Crippen LogP contribution in [0.15, 0.2) is 58.3 Å². The molecule has 0 saturated carbocycles. The maximum Gasteiger partial charge on any atom is 0.261 e. The van der Waals surface area contributed by atoms with Crippen LogP contribution in [-0.4, -0.2) is 14.7 Å². The Hall–Kier alpha value is -1.46. The van der Waals surface area contributed by atoms with Gasteiger partial charge in [0.2, 0.25) is 0 Å². The van der Waals surface area contributed by atoms with Crippen LogP contribution in [0.4, 0.5) is 5.69 Å². The smallest absolute Gasteiger partial charge is 0.261 e. The Morgan fingerprint density at radius 1 is 0.947 bits per heavy atom. The van der Waals surface area contributed by atoms with E-state index in [1.54, 1.807) is 48.2 Å². The highest BCUT2D eigenvalue weighted by molar-refractivity contribution is 7.98. The second-order valence-electron chi connectivity index (χ2n) is 4.15. The molecule has 0 heterocycles. The molecular formula is C14H15NO2S2. The molecular weight excluding hydrogens is 278 g/mol. The highest BCUT2D eigenvalue weighted by atomic mass is 32.2. The van der Waals surface area contributed by atoms with E-state index in [9.17, 15) is 8.42 Å². The normalized spacial score (nSPS) is 11.3. The summed E-state index contributed by atoms with van der Waals surface area (Å²) in [5.74, 6) is 0. The van der Waals surface area contributed by atoms with Crippen molar-refractivity contribution >= 4 is 27.5 Å². The second-order valence-corrected chi connectivity index (χ2v) is 6.71. The molecule has 0 saturated heterocycles. The summed E-state index contributed by atoms with van der Waals surface area (Å²) in [4.78, 5) is 1.31. The van der Waals surface area contributed by atoms with E-state index in [-0.39, 0.29) is 4.90 Å². The van der Waals surface area contributed by atoms with Crippen LogP contribution in [0, 0.1) is 6.92 Å². The number of rotatable bonds is 4. The summed E-state index contributed by atoms with van der Waals surface area (Å²) in [6, 6.07) is 14.1. The van der Waals surface area contributed by atoms with Gasteiger partial charge in [0.1, 0.15) is 0 Å². The van der Waals surface area contributed by atoms with Gasteiger partial charge in [0.15, 0.2) is 0 Å². The van der Waals surface area contributed by atoms with E-state index in [0.717, 1.165) is 10.5 Å². The van der Waals surface area contributed by atoms with Gasteiger partial charge in [-0.2, -0.15) is 0 Å². The third-order valence-electron chi connectivity index (χ3n) is 2.67. The zero-order valence-electron chi connectivity index (χ0n) is 10.8. The Bertz CT molecular complexity index is 647. The predicted octanol–water partition coefficient (Wildman–Crippen LogP) is 3.52. The molecule has 19 heavy (non-hydrogen) atoms. The molecule has 0 aromatic heterocycles. The maximum atomic E-state index is 12.2. The molecule has 0 atom stereocenters. The van der Waals surface area contributed by atoms with Gasteiger partial charge in [0.25, 0.3) is 10.0 Å². The summed E-state index contributed by atoms with van der Waals surface area (Å²) in [5, 5.41) is 0. The van der Waals surface area contributed by atoms with Gasteiger partial charge in [-0.3, -0.25) is 4.72 Å². The van der Waals surface area contributed by atoms with Crippen LogP contribution in [0.2, 0.25) is 0 Å². The van der Waals surface area contributed by atoms with Crippen LogP contribution in [-0.2, 0) is 10.0 Å². The first-order valence-corrected chi connectivity index (χ1v) is 8.45. The van der Waals surface area contributed by atoms with Crippen LogP contribution < -0.4 is 4.72 Å². The highest BCUT2D eigenvalue weighted by Gasteiger charge is 2.13. The van der Waals surface area contributed by atoms with E-state index in [1.807, 2.05) is 25.3 Å². The SMILES string of the molecule is CSc1ccc(S(=O)(=O)Nc2ccc(C)cc2)cc1. The summed E-state index contributed by atoms with van der Waals surface area (Å²) >= 11 is 1.58. The number of sulfonamides is 1. The van der Waals surface area contributed by atoms with Crippen LogP contribution in [0.5, 0.6) is 0 Å². The minimum atomic E-state index is -3.51. The van der Waals surface area contributed by atoms with Gasteiger partial charge in [0.05, 0.1) is 4.90 Å². The molecule has 0 aliphatic carbocycles. The minimum Gasteiger partial charge on any atom is -0.280 e. The van der Waals surface area contributed by atoms with Gasteiger partial charge in [-0.05, 0) is 49.6 Å². The van der Waals surface area contributed by atoms with Gasteiger partial charge < -0.3 is 0 Å². The molecule has 0 radical (unpaired) electrons. The number of aryl methyl sites for hydroxylation is 1. The van der Waals surface area contributed by atoms with Crippen molar-refractivity contribution < 1.29 is 8.42 Å². The van der Waals surface area contributed by atoms with Crippen LogP contribution in [0.3, 0.4) is 0 Å². The maximum absolute atomic E-state index is 12.2. The van der Waals surface area contributed by atoms with E-state index >= 15 is 0 Å². The van der Waals surface area contributed by atoms with E-state index in [1.165, 1.54) is 0 Å². The van der Waals surface area contributed by atoms with Crippen molar-refractivity contribution in [3.63, 3.8) is 0 Å². The Morgan fingerprint density at radius 2 is 1.53 bits per heavy atom. The molecule has 0 bridgehead atoms. The van der Waals surface area contributed by atoms with Gasteiger partial charge in [-0.1, -0.05) is 17.7 Å². The number of benzene rings is 2. The molecule has 0 amide bonds. The monoisotopic (exact) mass is 293 g/mol. The first kappa shape index (κ1) is 14.0. The first-order valence-electron chi connectivity index (χ1n) is 5.75. The summed E-state index contributed by atoms with van der Waals surface area (Å²) in [6.45, 7) is 1.96. The number of hydrogen-bond donors (Lipinski definition) is 1. The lowest BCUT2D eigenvalue weighted by atomic mass is 10.2. The highest BCUT2D eigenvalue weighted by Crippen LogP contribution is 2.20. The molecule has 2 aromatic rings. The number of anilines is 1. The molecule has 2 aromatic carbocycles. The summed E-state index contributed by atoms with van der Waals surface area (Å²) in [7, 11) is -3.51. The van der Waals surface area contributed by atoms with Crippen molar-refractivity contribution in [2.24, 2.45) is 0 Å².